The third-order valence-electron chi connectivity index (χ3n) is 3.97. The van der Waals surface area contributed by atoms with E-state index in [0.717, 1.165) is 12.8 Å². The van der Waals surface area contributed by atoms with Crippen LogP contribution >= 0.6 is 0 Å². The van der Waals surface area contributed by atoms with E-state index in [0.29, 0.717) is 23.5 Å². The first-order chi connectivity index (χ1) is 10.0. The zero-order valence-corrected chi connectivity index (χ0v) is 12.7. The van der Waals surface area contributed by atoms with Crippen molar-refractivity contribution in [2.24, 2.45) is 5.92 Å². The summed E-state index contributed by atoms with van der Waals surface area (Å²) in [7, 11) is 1.34. The lowest BCUT2D eigenvalue weighted by atomic mass is 9.80. The van der Waals surface area contributed by atoms with Crippen molar-refractivity contribution in [1.29, 1.82) is 0 Å². The van der Waals surface area contributed by atoms with Gasteiger partial charge < -0.3 is 19.3 Å². The fraction of sp³-hybridized carbons (Fsp3) is 0.562. The topological polar surface area (TPSA) is 65.0 Å². The standard InChI is InChI=1S/C16H22O5/c1-4-5-6-12(15(17)19-3)16(2,18)11-7-8-13-14(9-11)21-10-20-13/h7-9,12,18H,4-6,10H2,1-3H3. The van der Waals surface area contributed by atoms with Crippen LogP contribution in [0.5, 0.6) is 11.5 Å². The van der Waals surface area contributed by atoms with Crippen LogP contribution in [0.3, 0.4) is 0 Å². The van der Waals surface area contributed by atoms with Crippen molar-refractivity contribution in [3.05, 3.63) is 23.8 Å². The number of benzene rings is 1. The SMILES string of the molecule is CCCCC(C(=O)OC)C(C)(O)c1ccc2c(c1)OCO2. The summed E-state index contributed by atoms with van der Waals surface area (Å²) in [6, 6.07) is 5.24. The van der Waals surface area contributed by atoms with E-state index < -0.39 is 17.5 Å². The van der Waals surface area contributed by atoms with E-state index in [1.807, 2.05) is 6.92 Å². The largest absolute Gasteiger partial charge is 0.469 e. The summed E-state index contributed by atoms with van der Waals surface area (Å²) in [4.78, 5) is 12.0. The van der Waals surface area contributed by atoms with Crippen molar-refractivity contribution < 1.29 is 24.1 Å². The summed E-state index contributed by atoms with van der Waals surface area (Å²) in [6.45, 7) is 3.86. The minimum Gasteiger partial charge on any atom is -0.469 e. The van der Waals surface area contributed by atoms with E-state index in [1.165, 1.54) is 7.11 Å². The van der Waals surface area contributed by atoms with Crippen molar-refractivity contribution in [3.8, 4) is 11.5 Å². The number of fused-ring (bicyclic) bond motifs is 1. The number of unbranched alkanes of at least 4 members (excludes halogenated alkanes) is 1. The molecule has 0 bridgehead atoms. The number of aliphatic hydroxyl groups is 1. The fourth-order valence-corrected chi connectivity index (χ4v) is 2.59. The average Bonchev–Trinajstić information content (AvgIpc) is 2.94. The molecule has 2 unspecified atom stereocenters. The van der Waals surface area contributed by atoms with Crippen LogP contribution in [0.25, 0.3) is 0 Å². The van der Waals surface area contributed by atoms with Gasteiger partial charge in [0.1, 0.15) is 5.60 Å². The number of carbonyl (C=O) groups is 1. The monoisotopic (exact) mass is 294 g/mol. The molecule has 5 nitrogen and oxygen atoms in total. The molecule has 0 radical (unpaired) electrons. The number of esters is 1. The Kier molecular flexibility index (Phi) is 4.73. The molecule has 0 saturated carbocycles. The predicted molar refractivity (Wildman–Crippen MR) is 77.2 cm³/mol. The van der Waals surface area contributed by atoms with Crippen molar-refractivity contribution >= 4 is 5.97 Å². The van der Waals surface area contributed by atoms with Gasteiger partial charge in [0.25, 0.3) is 0 Å². The quantitative estimate of drug-likeness (QED) is 0.817. The van der Waals surface area contributed by atoms with Gasteiger partial charge in [-0.15, -0.1) is 0 Å². The molecule has 0 amide bonds. The first-order valence-corrected chi connectivity index (χ1v) is 7.21. The third-order valence-corrected chi connectivity index (χ3v) is 3.97. The highest BCUT2D eigenvalue weighted by atomic mass is 16.7. The van der Waals surface area contributed by atoms with Crippen LogP contribution in [0.4, 0.5) is 0 Å². The maximum Gasteiger partial charge on any atom is 0.311 e. The van der Waals surface area contributed by atoms with Crippen LogP contribution in [0, 0.1) is 5.92 Å². The molecule has 116 valence electrons. The average molecular weight is 294 g/mol. The Morgan fingerprint density at radius 1 is 1.43 bits per heavy atom. The molecule has 1 aromatic carbocycles. The van der Waals surface area contributed by atoms with Gasteiger partial charge in [-0.1, -0.05) is 25.8 Å². The lowest BCUT2D eigenvalue weighted by Gasteiger charge is -2.31. The van der Waals surface area contributed by atoms with Crippen LogP contribution in [0.1, 0.15) is 38.7 Å². The number of hydrogen-bond donors (Lipinski definition) is 1. The van der Waals surface area contributed by atoms with Gasteiger partial charge in [0.05, 0.1) is 13.0 Å². The Morgan fingerprint density at radius 3 is 2.81 bits per heavy atom. The van der Waals surface area contributed by atoms with Gasteiger partial charge in [-0.2, -0.15) is 0 Å². The number of hydrogen-bond acceptors (Lipinski definition) is 5. The Morgan fingerprint density at radius 2 is 2.14 bits per heavy atom. The first-order valence-electron chi connectivity index (χ1n) is 7.21. The molecule has 1 aromatic rings. The molecule has 2 rings (SSSR count). The van der Waals surface area contributed by atoms with Crippen molar-refractivity contribution in [3.63, 3.8) is 0 Å². The molecular weight excluding hydrogens is 272 g/mol. The minimum absolute atomic E-state index is 0.178. The molecule has 1 aliphatic rings. The molecular formula is C16H22O5. The number of ether oxygens (including phenoxy) is 3. The van der Waals surface area contributed by atoms with E-state index in [1.54, 1.807) is 25.1 Å². The van der Waals surface area contributed by atoms with E-state index in [2.05, 4.69) is 0 Å². The van der Waals surface area contributed by atoms with E-state index in [-0.39, 0.29) is 6.79 Å². The highest BCUT2D eigenvalue weighted by Gasteiger charge is 2.39. The third kappa shape index (κ3) is 3.13. The Hall–Kier alpha value is -1.75. The first kappa shape index (κ1) is 15.6. The van der Waals surface area contributed by atoms with Crippen LogP contribution in [0.2, 0.25) is 0 Å². The van der Waals surface area contributed by atoms with Crippen LogP contribution in [0.15, 0.2) is 18.2 Å². The number of methoxy groups -OCH3 is 1. The highest BCUT2D eigenvalue weighted by molar-refractivity contribution is 5.74. The highest BCUT2D eigenvalue weighted by Crippen LogP contribution is 2.39. The summed E-state index contributed by atoms with van der Waals surface area (Å²) in [5.74, 6) is 0.235. The normalized spacial score (nSPS) is 17.1. The summed E-state index contributed by atoms with van der Waals surface area (Å²) < 4.78 is 15.5. The summed E-state index contributed by atoms with van der Waals surface area (Å²) >= 11 is 0. The van der Waals surface area contributed by atoms with Gasteiger partial charge in [-0.3, -0.25) is 4.79 Å². The molecule has 1 N–H and O–H groups in total. The zero-order valence-electron chi connectivity index (χ0n) is 12.7. The molecule has 0 fully saturated rings. The Labute approximate surface area is 124 Å². The van der Waals surface area contributed by atoms with Gasteiger partial charge in [-0.05, 0) is 31.0 Å². The summed E-state index contributed by atoms with van der Waals surface area (Å²) in [5.41, 5.74) is -0.693. The second kappa shape index (κ2) is 6.35. The van der Waals surface area contributed by atoms with E-state index >= 15 is 0 Å². The minimum atomic E-state index is -1.32. The maximum atomic E-state index is 12.0. The van der Waals surface area contributed by atoms with Crippen LogP contribution < -0.4 is 9.47 Å². The van der Waals surface area contributed by atoms with Gasteiger partial charge in [0.15, 0.2) is 11.5 Å². The molecule has 0 spiro atoms. The summed E-state index contributed by atoms with van der Waals surface area (Å²) in [5, 5.41) is 10.9. The summed E-state index contributed by atoms with van der Waals surface area (Å²) in [6.07, 6.45) is 2.37. The number of rotatable bonds is 6. The second-order valence-corrected chi connectivity index (χ2v) is 5.43. The Balaban J connectivity index is 2.30. The van der Waals surface area contributed by atoms with Crippen molar-refractivity contribution in [2.45, 2.75) is 38.7 Å². The molecule has 1 aliphatic heterocycles. The van der Waals surface area contributed by atoms with Crippen LogP contribution in [-0.4, -0.2) is 25.0 Å². The van der Waals surface area contributed by atoms with Gasteiger partial charge in [0, 0.05) is 0 Å². The number of carbonyl (C=O) groups excluding carboxylic acids is 1. The van der Waals surface area contributed by atoms with Gasteiger partial charge in [0.2, 0.25) is 6.79 Å². The predicted octanol–water partition coefficient (Wildman–Crippen LogP) is 2.60. The molecule has 2 atom stereocenters. The molecule has 0 saturated heterocycles. The smallest absolute Gasteiger partial charge is 0.311 e. The Bertz CT molecular complexity index is 509. The fourth-order valence-electron chi connectivity index (χ4n) is 2.59. The lowest BCUT2D eigenvalue weighted by molar-refractivity contribution is -0.156. The van der Waals surface area contributed by atoms with E-state index in [4.69, 9.17) is 14.2 Å². The molecule has 5 heteroatoms. The molecule has 0 aliphatic carbocycles. The van der Waals surface area contributed by atoms with Crippen LogP contribution in [-0.2, 0) is 15.1 Å². The van der Waals surface area contributed by atoms with Gasteiger partial charge >= 0.3 is 5.97 Å². The van der Waals surface area contributed by atoms with Crippen molar-refractivity contribution in [2.75, 3.05) is 13.9 Å². The molecule has 0 aromatic heterocycles. The van der Waals surface area contributed by atoms with Crippen molar-refractivity contribution in [1.82, 2.24) is 0 Å². The lowest BCUT2D eigenvalue weighted by Crippen LogP contribution is -2.38. The molecule has 21 heavy (non-hydrogen) atoms. The zero-order chi connectivity index (χ0) is 15.5. The van der Waals surface area contributed by atoms with Gasteiger partial charge in [-0.25, -0.2) is 0 Å². The van der Waals surface area contributed by atoms with E-state index in [9.17, 15) is 9.90 Å². The second-order valence-electron chi connectivity index (χ2n) is 5.43. The maximum absolute atomic E-state index is 12.0. The molecule has 1 heterocycles.